The topological polar surface area (TPSA) is 84.1 Å². The summed E-state index contributed by atoms with van der Waals surface area (Å²) >= 11 is 3.42. The van der Waals surface area contributed by atoms with E-state index in [0.717, 1.165) is 27.1 Å². The molecule has 0 aliphatic rings. The van der Waals surface area contributed by atoms with E-state index in [2.05, 4.69) is 27.8 Å². The molecule has 0 saturated carbocycles. The number of hydrogen-bond acceptors (Lipinski definition) is 4. The summed E-state index contributed by atoms with van der Waals surface area (Å²) in [7, 11) is 0. The first kappa shape index (κ1) is 22.2. The lowest BCUT2D eigenvalue weighted by Gasteiger charge is -2.12. The van der Waals surface area contributed by atoms with Gasteiger partial charge in [0.15, 0.2) is 6.10 Å². The van der Waals surface area contributed by atoms with Gasteiger partial charge in [-0.25, -0.2) is 4.79 Å². The Morgan fingerprint density at radius 2 is 2.00 bits per heavy atom. The van der Waals surface area contributed by atoms with Crippen LogP contribution in [-0.2, 0) is 14.3 Å². The van der Waals surface area contributed by atoms with Gasteiger partial charge in [0.2, 0.25) is 0 Å². The van der Waals surface area contributed by atoms with E-state index >= 15 is 0 Å². The maximum absolute atomic E-state index is 12.4. The highest BCUT2D eigenvalue weighted by atomic mass is 79.9. The van der Waals surface area contributed by atoms with E-state index in [1.54, 1.807) is 0 Å². The number of aryl methyl sites for hydroxylation is 1. The van der Waals surface area contributed by atoms with E-state index in [-0.39, 0.29) is 12.1 Å². The average molecular weight is 456 g/mol. The SMILES string of the molecule is C=CCNC(=O)C(C)OC(=O)/C(C#N)=C/c1cc(C)n(-c2ccc(Br)cc2)c1C. The fourth-order valence-electron chi connectivity index (χ4n) is 2.81. The highest BCUT2D eigenvalue weighted by Crippen LogP contribution is 2.24. The third kappa shape index (κ3) is 5.46. The van der Waals surface area contributed by atoms with Crippen molar-refractivity contribution in [2.75, 3.05) is 6.54 Å². The lowest BCUT2D eigenvalue weighted by atomic mass is 10.1. The van der Waals surface area contributed by atoms with E-state index < -0.39 is 18.0 Å². The van der Waals surface area contributed by atoms with Crippen LogP contribution in [0.5, 0.6) is 0 Å². The van der Waals surface area contributed by atoms with E-state index in [4.69, 9.17) is 4.74 Å². The number of amides is 1. The van der Waals surface area contributed by atoms with Gasteiger partial charge in [0.05, 0.1) is 0 Å². The van der Waals surface area contributed by atoms with Gasteiger partial charge in [-0.2, -0.15) is 5.26 Å². The van der Waals surface area contributed by atoms with Crippen LogP contribution in [0.1, 0.15) is 23.9 Å². The highest BCUT2D eigenvalue weighted by Gasteiger charge is 2.21. The number of ether oxygens (including phenoxy) is 1. The predicted molar refractivity (Wildman–Crippen MR) is 115 cm³/mol. The summed E-state index contributed by atoms with van der Waals surface area (Å²) in [6, 6.07) is 11.6. The number of nitrogens with one attached hydrogen (secondary N) is 1. The molecule has 1 aromatic carbocycles. The number of halogens is 1. The minimum absolute atomic E-state index is 0.176. The normalized spacial score (nSPS) is 12.0. The van der Waals surface area contributed by atoms with Crippen molar-refractivity contribution < 1.29 is 14.3 Å². The summed E-state index contributed by atoms with van der Waals surface area (Å²) in [5, 5.41) is 12.0. The summed E-state index contributed by atoms with van der Waals surface area (Å²) in [6.45, 7) is 9.08. The molecule has 0 bridgehead atoms. The monoisotopic (exact) mass is 455 g/mol. The van der Waals surface area contributed by atoms with Crippen molar-refractivity contribution in [3.8, 4) is 11.8 Å². The van der Waals surface area contributed by atoms with Crippen molar-refractivity contribution in [3.63, 3.8) is 0 Å². The Balaban J connectivity index is 2.27. The smallest absolute Gasteiger partial charge is 0.349 e. The summed E-state index contributed by atoms with van der Waals surface area (Å²) in [4.78, 5) is 24.2. The first-order valence-electron chi connectivity index (χ1n) is 8.94. The minimum Gasteiger partial charge on any atom is -0.448 e. The van der Waals surface area contributed by atoms with Crippen LogP contribution in [0.2, 0.25) is 0 Å². The Labute approximate surface area is 178 Å². The molecule has 1 atom stereocenters. The van der Waals surface area contributed by atoms with Crippen LogP contribution >= 0.6 is 15.9 Å². The van der Waals surface area contributed by atoms with Crippen LogP contribution in [0.3, 0.4) is 0 Å². The van der Waals surface area contributed by atoms with E-state index in [9.17, 15) is 14.9 Å². The number of hydrogen-bond donors (Lipinski definition) is 1. The molecule has 0 radical (unpaired) electrons. The number of carbonyl (C=O) groups is 2. The van der Waals surface area contributed by atoms with Crippen molar-refractivity contribution in [2.45, 2.75) is 26.9 Å². The number of carbonyl (C=O) groups excluding carboxylic acids is 2. The molecule has 1 N–H and O–H groups in total. The van der Waals surface area contributed by atoms with Crippen LogP contribution in [-0.4, -0.2) is 29.1 Å². The maximum Gasteiger partial charge on any atom is 0.349 e. The molecule has 0 spiro atoms. The second-order valence-electron chi connectivity index (χ2n) is 6.39. The molecule has 29 heavy (non-hydrogen) atoms. The van der Waals surface area contributed by atoms with Crippen molar-refractivity contribution >= 4 is 33.9 Å². The number of nitrogens with zero attached hydrogens (tertiary/aromatic N) is 2. The zero-order chi connectivity index (χ0) is 21.6. The Morgan fingerprint density at radius 1 is 1.34 bits per heavy atom. The molecule has 0 fully saturated rings. The van der Waals surface area contributed by atoms with E-state index in [0.29, 0.717) is 0 Å². The van der Waals surface area contributed by atoms with Gasteiger partial charge in [-0.15, -0.1) is 6.58 Å². The second-order valence-corrected chi connectivity index (χ2v) is 7.31. The molecule has 0 aliphatic heterocycles. The van der Waals surface area contributed by atoms with Crippen molar-refractivity contribution in [2.24, 2.45) is 0 Å². The molecule has 1 amide bonds. The van der Waals surface area contributed by atoms with Crippen molar-refractivity contribution in [1.29, 1.82) is 5.26 Å². The summed E-state index contributed by atoms with van der Waals surface area (Å²) < 4.78 is 8.13. The van der Waals surface area contributed by atoms with Crippen LogP contribution in [0.4, 0.5) is 0 Å². The molecule has 2 rings (SSSR count). The number of rotatable bonds is 7. The maximum atomic E-state index is 12.4. The summed E-state index contributed by atoms with van der Waals surface area (Å²) in [5.41, 5.74) is 3.35. The molecule has 1 heterocycles. The van der Waals surface area contributed by atoms with Gasteiger partial charge in [-0.05, 0) is 62.7 Å². The highest BCUT2D eigenvalue weighted by molar-refractivity contribution is 9.10. The predicted octanol–water partition coefficient (Wildman–Crippen LogP) is 4.00. The largest absolute Gasteiger partial charge is 0.448 e. The van der Waals surface area contributed by atoms with Gasteiger partial charge in [-0.3, -0.25) is 4.79 Å². The first-order chi connectivity index (χ1) is 13.8. The molecule has 2 aromatic rings. The number of aromatic nitrogens is 1. The standard InChI is InChI=1S/C22H22BrN3O3/c1-5-10-25-21(27)16(4)29-22(28)18(13-24)12-17-11-14(2)26(15(17)3)20-8-6-19(23)7-9-20/h5-9,11-12,16H,1,10H2,2-4H3,(H,25,27)/b18-12+. The Bertz CT molecular complexity index is 998. The van der Waals surface area contributed by atoms with Gasteiger partial charge in [0, 0.05) is 28.1 Å². The molecule has 1 unspecified atom stereocenters. The van der Waals surface area contributed by atoms with E-state index in [1.165, 1.54) is 19.1 Å². The average Bonchev–Trinajstić information content (AvgIpc) is 2.97. The Kier molecular flexibility index (Phi) is 7.57. The third-order valence-corrected chi connectivity index (χ3v) is 4.80. The molecule has 0 aliphatic carbocycles. The van der Waals surface area contributed by atoms with Gasteiger partial charge in [0.1, 0.15) is 11.6 Å². The first-order valence-corrected chi connectivity index (χ1v) is 9.74. The van der Waals surface area contributed by atoms with Gasteiger partial charge >= 0.3 is 5.97 Å². The van der Waals surface area contributed by atoms with Gasteiger partial charge in [0.25, 0.3) is 5.91 Å². The van der Waals surface area contributed by atoms with Gasteiger partial charge in [-0.1, -0.05) is 22.0 Å². The Hall–Kier alpha value is -3.11. The van der Waals surface area contributed by atoms with Crippen LogP contribution in [0.25, 0.3) is 11.8 Å². The fraction of sp³-hybridized carbons (Fsp3) is 0.227. The van der Waals surface area contributed by atoms with Crippen LogP contribution in [0.15, 0.2) is 53.0 Å². The number of esters is 1. The molecule has 150 valence electrons. The second kappa shape index (κ2) is 9.89. The zero-order valence-corrected chi connectivity index (χ0v) is 18.1. The molecule has 6 nitrogen and oxygen atoms in total. The minimum atomic E-state index is -1.02. The number of nitriles is 1. The Morgan fingerprint density at radius 3 is 2.59 bits per heavy atom. The molecular formula is C22H22BrN3O3. The van der Waals surface area contributed by atoms with Crippen LogP contribution < -0.4 is 5.32 Å². The molecule has 7 heteroatoms. The van der Waals surface area contributed by atoms with E-state index in [1.807, 2.05) is 54.8 Å². The lowest BCUT2D eigenvalue weighted by Crippen LogP contribution is -2.36. The molecule has 1 aromatic heterocycles. The van der Waals surface area contributed by atoms with Crippen LogP contribution in [0, 0.1) is 25.2 Å². The lowest BCUT2D eigenvalue weighted by molar-refractivity contribution is -0.150. The van der Waals surface area contributed by atoms with Crippen molar-refractivity contribution in [1.82, 2.24) is 9.88 Å². The molecule has 0 saturated heterocycles. The fourth-order valence-corrected chi connectivity index (χ4v) is 3.07. The third-order valence-electron chi connectivity index (χ3n) is 4.27. The van der Waals surface area contributed by atoms with Crippen molar-refractivity contribution in [3.05, 3.63) is 70.0 Å². The van der Waals surface area contributed by atoms with Gasteiger partial charge < -0.3 is 14.6 Å². The quantitative estimate of drug-likeness (QED) is 0.296. The zero-order valence-electron chi connectivity index (χ0n) is 16.5. The summed E-state index contributed by atoms with van der Waals surface area (Å²) in [6.07, 6.45) is 1.98. The molecular weight excluding hydrogens is 434 g/mol. The summed E-state index contributed by atoms with van der Waals surface area (Å²) in [5.74, 6) is -1.30. The number of benzene rings is 1.